The van der Waals surface area contributed by atoms with Crippen molar-refractivity contribution in [3.8, 4) is 0 Å². The summed E-state index contributed by atoms with van der Waals surface area (Å²) in [6.45, 7) is 9.04. The molecule has 2 unspecified atom stereocenters. The summed E-state index contributed by atoms with van der Waals surface area (Å²) in [5.41, 5.74) is 1.44. The SMILES string of the molecule is CCCC(C)C(CNCC)Cc1cccc(Br)c1. The van der Waals surface area contributed by atoms with Crippen molar-refractivity contribution in [2.75, 3.05) is 13.1 Å². The summed E-state index contributed by atoms with van der Waals surface area (Å²) in [6, 6.07) is 8.71. The van der Waals surface area contributed by atoms with Gasteiger partial charge >= 0.3 is 0 Å². The molecule has 1 N–H and O–H groups in total. The molecule has 1 rings (SSSR count). The second-order valence-electron chi connectivity index (χ2n) is 5.17. The summed E-state index contributed by atoms with van der Waals surface area (Å²) in [4.78, 5) is 0. The first-order chi connectivity index (χ1) is 8.67. The molecule has 0 aliphatic heterocycles. The van der Waals surface area contributed by atoms with Gasteiger partial charge in [0.2, 0.25) is 0 Å². The second-order valence-corrected chi connectivity index (χ2v) is 6.08. The average molecular weight is 312 g/mol. The van der Waals surface area contributed by atoms with E-state index in [4.69, 9.17) is 0 Å². The van der Waals surface area contributed by atoms with E-state index in [9.17, 15) is 0 Å². The maximum Gasteiger partial charge on any atom is 0.0177 e. The van der Waals surface area contributed by atoms with Crippen molar-refractivity contribution in [3.05, 3.63) is 34.3 Å². The molecule has 18 heavy (non-hydrogen) atoms. The molecule has 1 aromatic rings. The van der Waals surface area contributed by atoms with E-state index >= 15 is 0 Å². The molecular formula is C16H26BrN. The minimum atomic E-state index is 0.735. The van der Waals surface area contributed by atoms with Crippen molar-refractivity contribution in [2.45, 2.75) is 40.0 Å². The summed E-state index contributed by atoms with van der Waals surface area (Å²) in [6.07, 6.45) is 3.78. The van der Waals surface area contributed by atoms with Crippen LogP contribution in [-0.4, -0.2) is 13.1 Å². The van der Waals surface area contributed by atoms with Crippen LogP contribution in [-0.2, 0) is 6.42 Å². The molecule has 0 fully saturated rings. The van der Waals surface area contributed by atoms with Crippen LogP contribution in [0.25, 0.3) is 0 Å². The zero-order valence-corrected chi connectivity index (χ0v) is 13.5. The maximum absolute atomic E-state index is 3.56. The normalized spacial score (nSPS) is 14.4. The van der Waals surface area contributed by atoms with Crippen molar-refractivity contribution in [1.82, 2.24) is 5.32 Å². The van der Waals surface area contributed by atoms with Gasteiger partial charge in [-0.15, -0.1) is 0 Å². The van der Waals surface area contributed by atoms with E-state index < -0.39 is 0 Å². The smallest absolute Gasteiger partial charge is 0.0177 e. The second kappa shape index (κ2) is 8.71. The quantitative estimate of drug-likeness (QED) is 0.736. The van der Waals surface area contributed by atoms with Gasteiger partial charge in [-0.1, -0.05) is 61.7 Å². The first-order valence-electron chi connectivity index (χ1n) is 7.12. The Balaban J connectivity index is 2.64. The fraction of sp³-hybridized carbons (Fsp3) is 0.625. The molecule has 0 amide bonds. The van der Waals surface area contributed by atoms with Gasteiger partial charge in [0.15, 0.2) is 0 Å². The molecule has 0 saturated carbocycles. The lowest BCUT2D eigenvalue weighted by atomic mass is 9.85. The molecule has 1 nitrogen and oxygen atoms in total. The summed E-state index contributed by atoms with van der Waals surface area (Å²) >= 11 is 3.56. The third kappa shape index (κ3) is 5.53. The molecule has 0 radical (unpaired) electrons. The minimum Gasteiger partial charge on any atom is -0.317 e. The Kier molecular flexibility index (Phi) is 7.60. The summed E-state index contributed by atoms with van der Waals surface area (Å²) < 4.78 is 1.19. The first-order valence-corrected chi connectivity index (χ1v) is 7.91. The van der Waals surface area contributed by atoms with Crippen LogP contribution >= 0.6 is 15.9 Å². The standard InChI is InChI=1S/C16H26BrN/c1-4-7-13(3)15(12-18-5-2)10-14-8-6-9-16(17)11-14/h6,8-9,11,13,15,18H,4-5,7,10,12H2,1-3H3. The van der Waals surface area contributed by atoms with Crippen LogP contribution in [0, 0.1) is 11.8 Å². The van der Waals surface area contributed by atoms with Gasteiger partial charge in [0, 0.05) is 4.47 Å². The first kappa shape index (κ1) is 15.7. The Bertz CT molecular complexity index is 338. The molecule has 1 aromatic carbocycles. The number of benzene rings is 1. The number of halogens is 1. The van der Waals surface area contributed by atoms with Crippen LogP contribution in [0.5, 0.6) is 0 Å². The zero-order chi connectivity index (χ0) is 13.4. The lowest BCUT2D eigenvalue weighted by Gasteiger charge is -2.24. The number of hydrogen-bond donors (Lipinski definition) is 1. The van der Waals surface area contributed by atoms with Crippen LogP contribution < -0.4 is 5.32 Å². The zero-order valence-electron chi connectivity index (χ0n) is 11.9. The summed E-state index contributed by atoms with van der Waals surface area (Å²) in [7, 11) is 0. The third-order valence-electron chi connectivity index (χ3n) is 3.59. The maximum atomic E-state index is 3.56. The van der Waals surface area contributed by atoms with Gasteiger partial charge in [-0.2, -0.15) is 0 Å². The van der Waals surface area contributed by atoms with E-state index in [1.807, 2.05) is 0 Å². The molecule has 0 aliphatic rings. The molecule has 0 spiro atoms. The van der Waals surface area contributed by atoms with Gasteiger partial charge in [0.1, 0.15) is 0 Å². The topological polar surface area (TPSA) is 12.0 Å². The lowest BCUT2D eigenvalue weighted by Crippen LogP contribution is -2.28. The van der Waals surface area contributed by atoms with Crippen molar-refractivity contribution in [3.63, 3.8) is 0 Å². The molecule has 0 bridgehead atoms. The Labute approximate surface area is 120 Å². The Morgan fingerprint density at radius 1 is 1.28 bits per heavy atom. The van der Waals surface area contributed by atoms with E-state index in [0.717, 1.165) is 24.9 Å². The molecule has 0 aliphatic carbocycles. The fourth-order valence-electron chi connectivity index (χ4n) is 2.46. The van der Waals surface area contributed by atoms with Gasteiger partial charge in [0.05, 0.1) is 0 Å². The molecule has 2 atom stereocenters. The fourth-order valence-corrected chi connectivity index (χ4v) is 2.91. The van der Waals surface area contributed by atoms with Gasteiger partial charge in [0.25, 0.3) is 0 Å². The van der Waals surface area contributed by atoms with E-state index in [2.05, 4.69) is 66.3 Å². The van der Waals surface area contributed by atoms with Crippen molar-refractivity contribution in [1.29, 1.82) is 0 Å². The predicted molar refractivity (Wildman–Crippen MR) is 84.0 cm³/mol. The Hall–Kier alpha value is -0.340. The highest BCUT2D eigenvalue weighted by molar-refractivity contribution is 9.10. The molecule has 0 saturated heterocycles. The van der Waals surface area contributed by atoms with Crippen LogP contribution in [0.1, 0.15) is 39.2 Å². The van der Waals surface area contributed by atoms with Crippen LogP contribution in [0.3, 0.4) is 0 Å². The monoisotopic (exact) mass is 311 g/mol. The highest BCUT2D eigenvalue weighted by Gasteiger charge is 2.16. The molecule has 2 heteroatoms. The van der Waals surface area contributed by atoms with Crippen molar-refractivity contribution >= 4 is 15.9 Å². The van der Waals surface area contributed by atoms with Gasteiger partial charge in [-0.25, -0.2) is 0 Å². The van der Waals surface area contributed by atoms with Crippen LogP contribution in [0.2, 0.25) is 0 Å². The minimum absolute atomic E-state index is 0.735. The highest BCUT2D eigenvalue weighted by atomic mass is 79.9. The molecule has 0 heterocycles. The van der Waals surface area contributed by atoms with Crippen LogP contribution in [0.4, 0.5) is 0 Å². The number of hydrogen-bond acceptors (Lipinski definition) is 1. The van der Waals surface area contributed by atoms with Crippen molar-refractivity contribution < 1.29 is 0 Å². The van der Waals surface area contributed by atoms with E-state index in [1.54, 1.807) is 0 Å². The van der Waals surface area contributed by atoms with Gasteiger partial charge in [-0.05, 0) is 49.0 Å². The average Bonchev–Trinajstić information content (AvgIpc) is 2.34. The predicted octanol–water partition coefficient (Wildman–Crippen LogP) is 4.65. The van der Waals surface area contributed by atoms with Gasteiger partial charge in [-0.3, -0.25) is 0 Å². The Morgan fingerprint density at radius 2 is 2.06 bits per heavy atom. The molecule has 0 aromatic heterocycles. The third-order valence-corrected chi connectivity index (χ3v) is 4.09. The van der Waals surface area contributed by atoms with Crippen LogP contribution in [0.15, 0.2) is 28.7 Å². The summed E-state index contributed by atoms with van der Waals surface area (Å²) in [5, 5.41) is 3.51. The number of nitrogens with one attached hydrogen (secondary N) is 1. The van der Waals surface area contributed by atoms with E-state index in [-0.39, 0.29) is 0 Å². The molecule has 102 valence electrons. The van der Waals surface area contributed by atoms with Gasteiger partial charge < -0.3 is 5.32 Å². The van der Waals surface area contributed by atoms with Crippen molar-refractivity contribution in [2.24, 2.45) is 11.8 Å². The Morgan fingerprint density at radius 3 is 2.67 bits per heavy atom. The lowest BCUT2D eigenvalue weighted by molar-refractivity contribution is 0.320. The molecular weight excluding hydrogens is 286 g/mol. The summed E-state index contributed by atoms with van der Waals surface area (Å²) in [5.74, 6) is 1.52. The number of rotatable bonds is 8. The highest BCUT2D eigenvalue weighted by Crippen LogP contribution is 2.22. The van der Waals surface area contributed by atoms with E-state index in [0.29, 0.717) is 0 Å². The van der Waals surface area contributed by atoms with E-state index in [1.165, 1.54) is 29.3 Å². The largest absolute Gasteiger partial charge is 0.317 e.